The van der Waals surface area contributed by atoms with Crippen LogP contribution in [-0.4, -0.2) is 36.3 Å². The second-order valence-corrected chi connectivity index (χ2v) is 9.17. The van der Waals surface area contributed by atoms with E-state index in [4.69, 9.17) is 4.52 Å². The molecule has 0 unspecified atom stereocenters. The molecule has 1 fully saturated rings. The van der Waals surface area contributed by atoms with Gasteiger partial charge in [-0.05, 0) is 51.5 Å². The van der Waals surface area contributed by atoms with Crippen LogP contribution in [0.15, 0.2) is 40.9 Å². The summed E-state index contributed by atoms with van der Waals surface area (Å²) in [5.74, 6) is 1.19. The number of carbonyl (C=O) groups excluding carboxylic acids is 1. The van der Waals surface area contributed by atoms with Crippen LogP contribution < -0.4 is 9.62 Å². The van der Waals surface area contributed by atoms with Crippen molar-refractivity contribution in [2.75, 3.05) is 21.9 Å². The number of nitrogens with one attached hydrogen (secondary N) is 1. The van der Waals surface area contributed by atoms with Crippen LogP contribution in [0.2, 0.25) is 0 Å². The van der Waals surface area contributed by atoms with Gasteiger partial charge in [0.2, 0.25) is 10.0 Å². The van der Waals surface area contributed by atoms with E-state index in [-0.39, 0.29) is 11.7 Å². The highest BCUT2D eigenvalue weighted by atomic mass is 32.2. The molecule has 1 saturated heterocycles. The van der Waals surface area contributed by atoms with Crippen molar-refractivity contribution >= 4 is 27.3 Å². The minimum atomic E-state index is -3.27. The molecule has 0 radical (unpaired) electrons. The predicted octanol–water partition coefficient (Wildman–Crippen LogP) is 3.18. The summed E-state index contributed by atoms with van der Waals surface area (Å²) in [6, 6.07) is 10.5. The Morgan fingerprint density at radius 2 is 1.97 bits per heavy atom. The number of rotatable bonds is 4. The van der Waals surface area contributed by atoms with Gasteiger partial charge < -0.3 is 9.84 Å². The van der Waals surface area contributed by atoms with Crippen LogP contribution in [-0.2, 0) is 10.0 Å². The molecule has 1 aromatic carbocycles. The Morgan fingerprint density at radius 1 is 1.17 bits per heavy atom. The van der Waals surface area contributed by atoms with Crippen LogP contribution in [0.3, 0.4) is 0 Å². The number of sulfonamides is 1. The molecule has 1 aliphatic heterocycles. The van der Waals surface area contributed by atoms with E-state index in [9.17, 15) is 13.2 Å². The van der Waals surface area contributed by atoms with Crippen molar-refractivity contribution in [3.8, 4) is 5.82 Å². The number of amides is 1. The van der Waals surface area contributed by atoms with Crippen LogP contribution in [0.4, 0.5) is 11.4 Å². The Labute approximate surface area is 169 Å². The van der Waals surface area contributed by atoms with E-state index >= 15 is 0 Å². The molecule has 4 rings (SSSR count). The lowest BCUT2D eigenvalue weighted by Crippen LogP contribution is -2.25. The Balaban J connectivity index is 1.60. The standard InChI is InChI=1S/C20H22N4O4S/c1-13-10-18(15(3)24(13)19-11-14(2)28-22-19)20(25)21-16-6-4-7-17(12-16)23-8-5-9-29(23,26)27/h4,6-7,10-12H,5,8-9H2,1-3H3,(H,21,25). The molecule has 0 saturated carbocycles. The highest BCUT2D eigenvalue weighted by molar-refractivity contribution is 7.93. The number of hydrogen-bond acceptors (Lipinski definition) is 5. The first-order valence-corrected chi connectivity index (χ1v) is 10.9. The average molecular weight is 414 g/mol. The molecule has 8 nitrogen and oxygen atoms in total. The zero-order valence-electron chi connectivity index (χ0n) is 16.5. The summed E-state index contributed by atoms with van der Waals surface area (Å²) in [5, 5.41) is 6.90. The van der Waals surface area contributed by atoms with Gasteiger partial charge in [-0.25, -0.2) is 8.42 Å². The minimum Gasteiger partial charge on any atom is -0.360 e. The maximum Gasteiger partial charge on any atom is 0.257 e. The van der Waals surface area contributed by atoms with Gasteiger partial charge >= 0.3 is 0 Å². The van der Waals surface area contributed by atoms with E-state index in [1.165, 1.54) is 4.31 Å². The van der Waals surface area contributed by atoms with Gasteiger partial charge in [0.05, 0.1) is 17.0 Å². The Hall–Kier alpha value is -3.07. The monoisotopic (exact) mass is 414 g/mol. The smallest absolute Gasteiger partial charge is 0.257 e. The van der Waals surface area contributed by atoms with E-state index in [0.29, 0.717) is 41.5 Å². The van der Waals surface area contributed by atoms with Gasteiger partial charge in [-0.1, -0.05) is 11.2 Å². The minimum absolute atomic E-state index is 0.150. The van der Waals surface area contributed by atoms with Gasteiger partial charge in [0, 0.05) is 29.7 Å². The zero-order chi connectivity index (χ0) is 20.8. The third-order valence-corrected chi connectivity index (χ3v) is 6.88. The fourth-order valence-corrected chi connectivity index (χ4v) is 5.23. The van der Waals surface area contributed by atoms with Gasteiger partial charge in [0.25, 0.3) is 5.91 Å². The quantitative estimate of drug-likeness (QED) is 0.707. The van der Waals surface area contributed by atoms with Gasteiger partial charge in [-0.3, -0.25) is 13.7 Å². The summed E-state index contributed by atoms with van der Waals surface area (Å²) >= 11 is 0. The van der Waals surface area contributed by atoms with Crippen molar-refractivity contribution in [2.24, 2.45) is 0 Å². The van der Waals surface area contributed by atoms with Crippen LogP contribution in [0.25, 0.3) is 5.82 Å². The number of aromatic nitrogens is 2. The summed E-state index contributed by atoms with van der Waals surface area (Å²) in [6.45, 7) is 6.01. The van der Waals surface area contributed by atoms with Crippen LogP contribution in [0.1, 0.15) is 33.9 Å². The van der Waals surface area contributed by atoms with E-state index in [1.54, 1.807) is 30.3 Å². The van der Waals surface area contributed by atoms with Gasteiger partial charge in [0.1, 0.15) is 5.76 Å². The highest BCUT2D eigenvalue weighted by Gasteiger charge is 2.28. The third kappa shape index (κ3) is 3.53. The molecule has 2 aromatic heterocycles. The fourth-order valence-electron chi connectivity index (χ4n) is 3.67. The molecular weight excluding hydrogens is 392 g/mol. The zero-order valence-corrected chi connectivity index (χ0v) is 17.3. The first kappa shape index (κ1) is 19.3. The highest BCUT2D eigenvalue weighted by Crippen LogP contribution is 2.27. The first-order valence-electron chi connectivity index (χ1n) is 9.31. The molecule has 1 N–H and O–H groups in total. The van der Waals surface area contributed by atoms with Gasteiger partial charge in [0.15, 0.2) is 5.82 Å². The van der Waals surface area contributed by atoms with E-state index in [2.05, 4.69) is 10.5 Å². The number of carbonyl (C=O) groups is 1. The summed E-state index contributed by atoms with van der Waals surface area (Å²) in [4.78, 5) is 12.9. The lowest BCUT2D eigenvalue weighted by atomic mass is 10.2. The van der Waals surface area contributed by atoms with Crippen LogP contribution >= 0.6 is 0 Å². The topological polar surface area (TPSA) is 97.4 Å². The van der Waals surface area contributed by atoms with Crippen LogP contribution in [0.5, 0.6) is 0 Å². The molecule has 9 heteroatoms. The Bertz CT molecular complexity index is 1190. The summed E-state index contributed by atoms with van der Waals surface area (Å²) in [7, 11) is -3.27. The van der Waals surface area contributed by atoms with Crippen molar-refractivity contribution in [3.05, 3.63) is 59.1 Å². The SMILES string of the molecule is Cc1cc(-n2c(C)cc(C(=O)Nc3cccc(N4CCCS4(=O)=O)c3)c2C)no1. The molecule has 0 spiro atoms. The predicted molar refractivity (Wildman–Crippen MR) is 110 cm³/mol. The molecule has 0 bridgehead atoms. The maximum atomic E-state index is 12.9. The summed E-state index contributed by atoms with van der Waals surface area (Å²) in [5.41, 5.74) is 3.22. The molecule has 29 heavy (non-hydrogen) atoms. The van der Waals surface area contributed by atoms with Crippen molar-refractivity contribution in [3.63, 3.8) is 0 Å². The van der Waals surface area contributed by atoms with E-state index < -0.39 is 10.0 Å². The normalized spacial score (nSPS) is 15.6. The largest absolute Gasteiger partial charge is 0.360 e. The number of nitrogens with zero attached hydrogens (tertiary/aromatic N) is 3. The number of hydrogen-bond donors (Lipinski definition) is 1. The average Bonchev–Trinajstić information content (AvgIpc) is 3.32. The molecule has 152 valence electrons. The number of anilines is 2. The first-order chi connectivity index (χ1) is 13.8. The fraction of sp³-hybridized carbons (Fsp3) is 0.300. The molecule has 0 atom stereocenters. The van der Waals surface area contributed by atoms with E-state index in [1.807, 2.05) is 31.4 Å². The second-order valence-electron chi connectivity index (χ2n) is 7.16. The number of aryl methyl sites for hydroxylation is 2. The summed E-state index contributed by atoms with van der Waals surface area (Å²) < 4.78 is 32.7. The molecule has 1 aliphatic rings. The Kier molecular flexibility index (Phi) is 4.70. The third-order valence-electron chi connectivity index (χ3n) is 5.01. The molecule has 3 aromatic rings. The molecule has 0 aliphatic carbocycles. The van der Waals surface area contributed by atoms with Crippen LogP contribution in [0, 0.1) is 20.8 Å². The lowest BCUT2D eigenvalue weighted by Gasteiger charge is -2.17. The van der Waals surface area contributed by atoms with E-state index in [0.717, 1.165) is 11.4 Å². The molecule has 1 amide bonds. The Morgan fingerprint density at radius 3 is 2.62 bits per heavy atom. The lowest BCUT2D eigenvalue weighted by molar-refractivity contribution is 0.102. The van der Waals surface area contributed by atoms with Crippen molar-refractivity contribution in [1.82, 2.24) is 9.72 Å². The van der Waals surface area contributed by atoms with Crippen molar-refractivity contribution in [1.29, 1.82) is 0 Å². The van der Waals surface area contributed by atoms with Gasteiger partial charge in [-0.2, -0.15) is 0 Å². The van der Waals surface area contributed by atoms with Crippen molar-refractivity contribution < 1.29 is 17.7 Å². The van der Waals surface area contributed by atoms with Crippen molar-refractivity contribution in [2.45, 2.75) is 27.2 Å². The molecule has 3 heterocycles. The second kappa shape index (κ2) is 7.07. The summed E-state index contributed by atoms with van der Waals surface area (Å²) in [6.07, 6.45) is 0.604. The van der Waals surface area contributed by atoms with Gasteiger partial charge in [-0.15, -0.1) is 0 Å². The number of benzene rings is 1. The molecular formula is C20H22N4O4S. The maximum absolute atomic E-state index is 12.9.